The van der Waals surface area contributed by atoms with Gasteiger partial charge in [0.05, 0.1) is 11.1 Å². The first-order chi connectivity index (χ1) is 9.90. The van der Waals surface area contributed by atoms with Crippen molar-refractivity contribution in [1.82, 2.24) is 9.97 Å². The average Bonchev–Trinajstić information content (AvgIpc) is 2.42. The fourth-order valence-electron chi connectivity index (χ4n) is 2.32. The van der Waals surface area contributed by atoms with Gasteiger partial charge in [0.15, 0.2) is 0 Å². The first kappa shape index (κ1) is 15.5. The third-order valence-electron chi connectivity index (χ3n) is 3.10. The van der Waals surface area contributed by atoms with Gasteiger partial charge >= 0.3 is 0 Å². The highest BCUT2D eigenvalue weighted by molar-refractivity contribution is 5.90. The second-order valence-corrected chi connectivity index (χ2v) is 5.98. The maximum atomic E-state index is 10.0. The van der Waals surface area contributed by atoms with Crippen LogP contribution in [0.4, 0.5) is 11.8 Å². The van der Waals surface area contributed by atoms with Crippen molar-refractivity contribution in [2.24, 2.45) is 0 Å². The fraction of sp³-hybridized carbons (Fsp3) is 0.500. The minimum atomic E-state index is -0.780. The van der Waals surface area contributed by atoms with Crippen LogP contribution in [0.3, 0.4) is 0 Å². The molecule has 5 heteroatoms. The van der Waals surface area contributed by atoms with Crippen molar-refractivity contribution < 1.29 is 5.11 Å². The molecule has 2 rings (SSSR count). The van der Waals surface area contributed by atoms with E-state index in [1.54, 1.807) is 13.8 Å². The molecule has 0 fully saturated rings. The summed E-state index contributed by atoms with van der Waals surface area (Å²) in [7, 11) is 1.94. The van der Waals surface area contributed by atoms with Crippen LogP contribution in [0.25, 0.3) is 10.9 Å². The Kier molecular flexibility index (Phi) is 4.63. The number of benzene rings is 1. The summed E-state index contributed by atoms with van der Waals surface area (Å²) in [5.41, 5.74) is 0.126. The Morgan fingerprint density at radius 3 is 2.62 bits per heavy atom. The SMILES string of the molecule is CCCNc1nc(N(C)CC(C)(C)O)c2ccccc2n1. The Balaban J connectivity index is 2.43. The van der Waals surface area contributed by atoms with E-state index in [2.05, 4.69) is 22.2 Å². The van der Waals surface area contributed by atoms with Crippen molar-refractivity contribution in [3.8, 4) is 0 Å². The van der Waals surface area contributed by atoms with Crippen molar-refractivity contribution in [3.63, 3.8) is 0 Å². The van der Waals surface area contributed by atoms with E-state index >= 15 is 0 Å². The Labute approximate surface area is 126 Å². The van der Waals surface area contributed by atoms with Gasteiger partial charge in [0.2, 0.25) is 5.95 Å². The van der Waals surface area contributed by atoms with Gasteiger partial charge in [-0.05, 0) is 32.4 Å². The summed E-state index contributed by atoms with van der Waals surface area (Å²) >= 11 is 0. The third-order valence-corrected chi connectivity index (χ3v) is 3.10. The zero-order valence-corrected chi connectivity index (χ0v) is 13.2. The number of anilines is 2. The molecule has 5 nitrogen and oxygen atoms in total. The van der Waals surface area contributed by atoms with E-state index in [-0.39, 0.29) is 0 Å². The van der Waals surface area contributed by atoms with Gasteiger partial charge in [0.25, 0.3) is 0 Å². The third kappa shape index (κ3) is 4.04. The summed E-state index contributed by atoms with van der Waals surface area (Å²) in [6, 6.07) is 7.94. The van der Waals surface area contributed by atoms with Gasteiger partial charge in [0, 0.05) is 25.5 Å². The van der Waals surface area contributed by atoms with E-state index in [0.717, 1.165) is 29.7 Å². The lowest BCUT2D eigenvalue weighted by atomic mass is 10.1. The molecule has 0 aliphatic heterocycles. The highest BCUT2D eigenvalue weighted by Crippen LogP contribution is 2.25. The average molecular weight is 288 g/mol. The Bertz CT molecular complexity index is 607. The van der Waals surface area contributed by atoms with Crippen LogP contribution in [0.5, 0.6) is 0 Å². The number of fused-ring (bicyclic) bond motifs is 1. The summed E-state index contributed by atoms with van der Waals surface area (Å²) in [5.74, 6) is 1.47. The predicted molar refractivity (Wildman–Crippen MR) is 87.9 cm³/mol. The lowest BCUT2D eigenvalue weighted by Crippen LogP contribution is -2.36. The minimum Gasteiger partial charge on any atom is -0.389 e. The summed E-state index contributed by atoms with van der Waals surface area (Å²) < 4.78 is 0. The Morgan fingerprint density at radius 2 is 1.95 bits per heavy atom. The van der Waals surface area contributed by atoms with Gasteiger partial charge < -0.3 is 15.3 Å². The number of aromatic nitrogens is 2. The number of nitrogens with one attached hydrogen (secondary N) is 1. The predicted octanol–water partition coefficient (Wildman–Crippen LogP) is 2.66. The topological polar surface area (TPSA) is 61.3 Å². The number of aliphatic hydroxyl groups is 1. The number of nitrogens with zero attached hydrogens (tertiary/aromatic N) is 3. The molecule has 1 aromatic heterocycles. The maximum Gasteiger partial charge on any atom is 0.225 e. The maximum absolute atomic E-state index is 10.0. The molecule has 1 aromatic carbocycles. The zero-order valence-electron chi connectivity index (χ0n) is 13.2. The lowest BCUT2D eigenvalue weighted by Gasteiger charge is -2.27. The van der Waals surface area contributed by atoms with Crippen molar-refractivity contribution in [2.45, 2.75) is 32.8 Å². The normalized spacial score (nSPS) is 11.7. The molecule has 0 radical (unpaired) electrons. The summed E-state index contributed by atoms with van der Waals surface area (Å²) in [5, 5.41) is 14.3. The van der Waals surface area contributed by atoms with E-state index < -0.39 is 5.60 Å². The molecule has 0 bridgehead atoms. The Morgan fingerprint density at radius 1 is 1.24 bits per heavy atom. The largest absolute Gasteiger partial charge is 0.389 e. The van der Waals surface area contributed by atoms with Crippen LogP contribution in [-0.2, 0) is 0 Å². The number of rotatable bonds is 6. The van der Waals surface area contributed by atoms with Crippen LogP contribution in [0.1, 0.15) is 27.2 Å². The quantitative estimate of drug-likeness (QED) is 0.855. The van der Waals surface area contributed by atoms with Crippen LogP contribution in [0, 0.1) is 0 Å². The van der Waals surface area contributed by atoms with Crippen molar-refractivity contribution in [1.29, 1.82) is 0 Å². The summed E-state index contributed by atoms with van der Waals surface area (Å²) in [4.78, 5) is 11.1. The molecule has 0 amide bonds. The van der Waals surface area contributed by atoms with Crippen molar-refractivity contribution >= 4 is 22.7 Å². The molecule has 0 atom stereocenters. The number of hydrogen-bond donors (Lipinski definition) is 2. The molecular formula is C16H24N4O. The Hall–Kier alpha value is -1.88. The van der Waals surface area contributed by atoms with Crippen LogP contribution in [0.2, 0.25) is 0 Å². The molecule has 0 saturated carbocycles. The summed E-state index contributed by atoms with van der Waals surface area (Å²) in [6.07, 6.45) is 1.02. The second-order valence-electron chi connectivity index (χ2n) is 5.98. The van der Waals surface area contributed by atoms with E-state index in [4.69, 9.17) is 0 Å². The standard InChI is InChI=1S/C16H24N4O/c1-5-10-17-15-18-13-9-7-6-8-12(13)14(19-15)20(4)11-16(2,3)21/h6-9,21H,5,10-11H2,1-4H3,(H,17,18,19). The zero-order chi connectivity index (χ0) is 15.5. The fourth-order valence-corrected chi connectivity index (χ4v) is 2.32. The molecule has 0 spiro atoms. The number of likely N-dealkylation sites (N-methyl/N-ethyl adjacent to an activating group) is 1. The molecule has 0 aliphatic rings. The van der Waals surface area contributed by atoms with E-state index in [1.807, 2.05) is 36.2 Å². The van der Waals surface area contributed by atoms with Crippen molar-refractivity contribution in [3.05, 3.63) is 24.3 Å². The van der Waals surface area contributed by atoms with Gasteiger partial charge in [-0.25, -0.2) is 4.98 Å². The molecule has 0 unspecified atom stereocenters. The molecule has 0 saturated heterocycles. The van der Waals surface area contributed by atoms with Crippen LogP contribution < -0.4 is 10.2 Å². The molecule has 0 aliphatic carbocycles. The first-order valence-electron chi connectivity index (χ1n) is 7.35. The molecule has 2 N–H and O–H groups in total. The highest BCUT2D eigenvalue weighted by atomic mass is 16.3. The van der Waals surface area contributed by atoms with Gasteiger partial charge in [0.1, 0.15) is 5.82 Å². The van der Waals surface area contributed by atoms with Gasteiger partial charge in [-0.3, -0.25) is 0 Å². The smallest absolute Gasteiger partial charge is 0.225 e. The second kappa shape index (κ2) is 6.26. The molecule has 1 heterocycles. The molecular weight excluding hydrogens is 264 g/mol. The van der Waals surface area contributed by atoms with Gasteiger partial charge in [-0.2, -0.15) is 4.98 Å². The van der Waals surface area contributed by atoms with Crippen LogP contribution in [0.15, 0.2) is 24.3 Å². The molecule has 21 heavy (non-hydrogen) atoms. The van der Waals surface area contributed by atoms with E-state index in [9.17, 15) is 5.11 Å². The van der Waals surface area contributed by atoms with Gasteiger partial charge in [-0.1, -0.05) is 19.1 Å². The molecule has 2 aromatic rings. The highest BCUT2D eigenvalue weighted by Gasteiger charge is 2.19. The van der Waals surface area contributed by atoms with E-state index in [1.165, 1.54) is 0 Å². The molecule has 114 valence electrons. The monoisotopic (exact) mass is 288 g/mol. The van der Waals surface area contributed by atoms with Crippen LogP contribution in [-0.4, -0.2) is 40.8 Å². The summed E-state index contributed by atoms with van der Waals surface area (Å²) in [6.45, 7) is 7.04. The number of para-hydroxylation sites is 1. The number of hydrogen-bond acceptors (Lipinski definition) is 5. The first-order valence-corrected chi connectivity index (χ1v) is 7.35. The van der Waals surface area contributed by atoms with Gasteiger partial charge in [-0.15, -0.1) is 0 Å². The van der Waals surface area contributed by atoms with E-state index in [0.29, 0.717) is 12.5 Å². The van der Waals surface area contributed by atoms with Crippen LogP contribution >= 0.6 is 0 Å². The van der Waals surface area contributed by atoms with Crippen molar-refractivity contribution in [2.75, 3.05) is 30.4 Å². The minimum absolute atomic E-state index is 0.501. The lowest BCUT2D eigenvalue weighted by molar-refractivity contribution is 0.0885.